The molecule has 7 heteroatoms. The first-order valence-electron chi connectivity index (χ1n) is 9.67. The number of nitrogens with one attached hydrogen (secondary N) is 3. The number of thioether (sulfide) groups is 1. The first kappa shape index (κ1) is 21.8. The monoisotopic (exact) mass is 436 g/mol. The summed E-state index contributed by atoms with van der Waals surface area (Å²) >= 11 is 6.94. The second-order valence-electron chi connectivity index (χ2n) is 6.69. The number of aryl methyl sites for hydroxylation is 1. The lowest BCUT2D eigenvalue weighted by Crippen LogP contribution is -2.25. The molecule has 0 aliphatic heterocycles. The number of anilines is 3. The van der Waals surface area contributed by atoms with Crippen LogP contribution in [-0.4, -0.2) is 21.3 Å². The first-order valence-corrected chi connectivity index (χ1v) is 11.0. The zero-order valence-electron chi connectivity index (χ0n) is 16.9. The Kier molecular flexibility index (Phi) is 7.82. The van der Waals surface area contributed by atoms with Crippen molar-refractivity contribution in [3.8, 4) is 0 Å². The van der Waals surface area contributed by atoms with Crippen LogP contribution in [-0.2, 0) is 4.79 Å². The fourth-order valence-corrected chi connectivity index (χ4v) is 3.96. The average molecular weight is 437 g/mol. The number of rotatable bonds is 7. The highest BCUT2D eigenvalue weighted by molar-refractivity contribution is 8.00. The Hall–Kier alpha value is -2.90. The lowest BCUT2D eigenvalue weighted by Gasteiger charge is -2.15. The number of amides is 1. The molecule has 1 atom stereocenters. The van der Waals surface area contributed by atoms with Crippen LogP contribution in [0.2, 0.25) is 0 Å². The van der Waals surface area contributed by atoms with E-state index in [1.807, 2.05) is 74.5 Å². The molecule has 1 aromatic heterocycles. The molecule has 3 rings (SSSR count). The Labute approximate surface area is 186 Å². The summed E-state index contributed by atoms with van der Waals surface area (Å²) in [7, 11) is 0. The molecule has 5 nitrogen and oxygen atoms in total. The number of carbonyl (C=O) groups excluding carboxylic acids is 1. The van der Waals surface area contributed by atoms with Crippen LogP contribution in [0.25, 0.3) is 0 Å². The van der Waals surface area contributed by atoms with Gasteiger partial charge in [-0.15, -0.1) is 11.8 Å². The zero-order chi connectivity index (χ0) is 21.3. The molecule has 0 aliphatic carbocycles. The largest absolute Gasteiger partial charge is 0.332 e. The first-order chi connectivity index (χ1) is 14.5. The summed E-state index contributed by atoms with van der Waals surface area (Å²) in [6, 6.07) is 21.4. The van der Waals surface area contributed by atoms with Gasteiger partial charge >= 0.3 is 0 Å². The van der Waals surface area contributed by atoms with Gasteiger partial charge in [0.05, 0.1) is 5.25 Å². The maximum atomic E-state index is 12.6. The zero-order valence-corrected chi connectivity index (χ0v) is 18.5. The summed E-state index contributed by atoms with van der Waals surface area (Å²) in [5.41, 5.74) is 2.99. The Balaban J connectivity index is 1.60. The third-order valence-corrected chi connectivity index (χ3v) is 5.82. The predicted octanol–water partition coefficient (Wildman–Crippen LogP) is 5.71. The molecule has 2 aromatic carbocycles. The smallest absolute Gasteiger partial charge is 0.239 e. The van der Waals surface area contributed by atoms with Crippen molar-refractivity contribution < 1.29 is 4.79 Å². The van der Waals surface area contributed by atoms with Gasteiger partial charge in [0, 0.05) is 22.5 Å². The molecular weight excluding hydrogens is 412 g/mol. The van der Waals surface area contributed by atoms with E-state index in [-0.39, 0.29) is 11.2 Å². The number of pyridine rings is 1. The molecule has 3 N–H and O–H groups in total. The van der Waals surface area contributed by atoms with Gasteiger partial charge in [-0.05, 0) is 68.0 Å². The van der Waals surface area contributed by atoms with Crippen LogP contribution >= 0.6 is 24.0 Å². The number of thiocarbonyl (C=S) groups is 1. The molecule has 0 bridgehead atoms. The van der Waals surface area contributed by atoms with Gasteiger partial charge in [-0.3, -0.25) is 4.79 Å². The molecule has 1 amide bonds. The molecule has 0 spiro atoms. The highest BCUT2D eigenvalue weighted by Crippen LogP contribution is 2.28. The Morgan fingerprint density at radius 2 is 1.77 bits per heavy atom. The van der Waals surface area contributed by atoms with Crippen LogP contribution in [0.4, 0.5) is 17.2 Å². The van der Waals surface area contributed by atoms with Gasteiger partial charge in [0.1, 0.15) is 5.82 Å². The van der Waals surface area contributed by atoms with Crippen molar-refractivity contribution in [3.63, 3.8) is 0 Å². The van der Waals surface area contributed by atoms with E-state index in [4.69, 9.17) is 12.2 Å². The summed E-state index contributed by atoms with van der Waals surface area (Å²) in [6.07, 6.45) is 2.36. The van der Waals surface area contributed by atoms with Gasteiger partial charge in [0.25, 0.3) is 0 Å². The Bertz CT molecular complexity index is 994. The minimum Gasteiger partial charge on any atom is -0.332 e. The van der Waals surface area contributed by atoms with Gasteiger partial charge in [0.15, 0.2) is 5.11 Å². The lowest BCUT2D eigenvalue weighted by atomic mass is 10.2. The quantitative estimate of drug-likeness (QED) is 0.326. The van der Waals surface area contributed by atoms with Crippen molar-refractivity contribution in [2.45, 2.75) is 30.4 Å². The van der Waals surface area contributed by atoms with Gasteiger partial charge in [-0.25, -0.2) is 4.98 Å². The van der Waals surface area contributed by atoms with Crippen molar-refractivity contribution >= 4 is 52.2 Å². The molecule has 3 aromatic rings. The number of hydrogen-bond donors (Lipinski definition) is 3. The predicted molar refractivity (Wildman–Crippen MR) is 130 cm³/mol. The van der Waals surface area contributed by atoms with Gasteiger partial charge in [0.2, 0.25) is 5.91 Å². The summed E-state index contributed by atoms with van der Waals surface area (Å²) in [5, 5.41) is 9.55. The molecule has 0 saturated carbocycles. The highest BCUT2D eigenvalue weighted by atomic mass is 32.2. The van der Waals surface area contributed by atoms with Crippen LogP contribution in [0, 0.1) is 6.92 Å². The van der Waals surface area contributed by atoms with Gasteiger partial charge < -0.3 is 16.0 Å². The molecular formula is C23H24N4OS2. The van der Waals surface area contributed by atoms with Crippen LogP contribution in [0.15, 0.2) is 77.8 Å². The maximum Gasteiger partial charge on any atom is 0.239 e. The summed E-state index contributed by atoms with van der Waals surface area (Å²) in [6.45, 7) is 4.04. The van der Waals surface area contributed by atoms with Crippen molar-refractivity contribution in [1.29, 1.82) is 0 Å². The number of nitrogens with zero attached hydrogens (tertiary/aromatic N) is 1. The van der Waals surface area contributed by atoms with E-state index in [1.54, 1.807) is 12.3 Å². The standard InChI is InChI=1S/C23H24N4OS2/c1-3-20(22(28)27-21-9-4-5-14-24-21)30-19-8-6-7-18(15-19)26-23(29)25-17-12-10-16(2)11-13-17/h4-15,20H,3H2,1-2H3,(H,24,27,28)(H2,25,26,29). The summed E-state index contributed by atoms with van der Waals surface area (Å²) in [4.78, 5) is 17.8. The second kappa shape index (κ2) is 10.8. The third kappa shape index (κ3) is 6.57. The second-order valence-corrected chi connectivity index (χ2v) is 8.38. The van der Waals surface area contributed by atoms with Crippen molar-refractivity contribution in [1.82, 2.24) is 4.98 Å². The molecule has 0 fully saturated rings. The Morgan fingerprint density at radius 3 is 2.47 bits per heavy atom. The van der Waals surface area contributed by atoms with Crippen molar-refractivity contribution in [3.05, 3.63) is 78.5 Å². The van der Waals surface area contributed by atoms with Crippen LogP contribution in [0.5, 0.6) is 0 Å². The molecule has 154 valence electrons. The molecule has 1 unspecified atom stereocenters. The van der Waals surface area contributed by atoms with Gasteiger partial charge in [-0.2, -0.15) is 0 Å². The topological polar surface area (TPSA) is 66.0 Å². The van der Waals surface area contributed by atoms with E-state index in [0.717, 1.165) is 16.3 Å². The van der Waals surface area contributed by atoms with E-state index < -0.39 is 0 Å². The van der Waals surface area contributed by atoms with Crippen LogP contribution in [0.3, 0.4) is 0 Å². The van der Waals surface area contributed by atoms with Crippen molar-refractivity contribution in [2.24, 2.45) is 0 Å². The van der Waals surface area contributed by atoms with Gasteiger partial charge in [-0.1, -0.05) is 36.8 Å². The van der Waals surface area contributed by atoms with E-state index in [2.05, 4.69) is 20.9 Å². The fraction of sp³-hybridized carbons (Fsp3) is 0.174. The van der Waals surface area contributed by atoms with Crippen LogP contribution in [0.1, 0.15) is 18.9 Å². The SMILES string of the molecule is CCC(Sc1cccc(NC(=S)Nc2ccc(C)cc2)c1)C(=O)Nc1ccccn1. The average Bonchev–Trinajstić information content (AvgIpc) is 2.74. The minimum atomic E-state index is -0.222. The Morgan fingerprint density at radius 1 is 1.00 bits per heavy atom. The summed E-state index contributed by atoms with van der Waals surface area (Å²) in [5.74, 6) is 0.501. The molecule has 1 heterocycles. The summed E-state index contributed by atoms with van der Waals surface area (Å²) < 4.78 is 0. The highest BCUT2D eigenvalue weighted by Gasteiger charge is 2.18. The molecule has 0 radical (unpaired) electrons. The number of aromatic nitrogens is 1. The molecule has 30 heavy (non-hydrogen) atoms. The minimum absolute atomic E-state index is 0.0591. The van der Waals surface area contributed by atoms with Crippen molar-refractivity contribution in [2.75, 3.05) is 16.0 Å². The third-order valence-electron chi connectivity index (χ3n) is 4.26. The van der Waals surface area contributed by atoms with E-state index in [0.29, 0.717) is 17.4 Å². The lowest BCUT2D eigenvalue weighted by molar-refractivity contribution is -0.115. The fourth-order valence-electron chi connectivity index (χ4n) is 2.71. The van der Waals surface area contributed by atoms with E-state index in [9.17, 15) is 4.79 Å². The number of benzene rings is 2. The normalized spacial score (nSPS) is 11.4. The molecule has 0 saturated heterocycles. The number of carbonyl (C=O) groups is 1. The maximum absolute atomic E-state index is 12.6. The number of hydrogen-bond acceptors (Lipinski definition) is 4. The van der Waals surface area contributed by atoms with E-state index in [1.165, 1.54) is 17.3 Å². The van der Waals surface area contributed by atoms with Crippen LogP contribution < -0.4 is 16.0 Å². The molecule has 0 aliphatic rings. The van der Waals surface area contributed by atoms with E-state index >= 15 is 0 Å².